The zero-order chi connectivity index (χ0) is 18.5. The molecule has 2 aromatic carbocycles. The van der Waals surface area contributed by atoms with Crippen LogP contribution in [0.2, 0.25) is 0 Å². The van der Waals surface area contributed by atoms with E-state index in [-0.39, 0.29) is 22.8 Å². The van der Waals surface area contributed by atoms with Crippen LogP contribution in [0.4, 0.5) is 4.39 Å². The van der Waals surface area contributed by atoms with Crippen LogP contribution in [0.3, 0.4) is 0 Å². The highest BCUT2D eigenvalue weighted by Gasteiger charge is 2.29. The molecule has 3 aromatic rings. The number of pyridine rings is 1. The summed E-state index contributed by atoms with van der Waals surface area (Å²) in [6, 6.07) is 10.6. The van der Waals surface area contributed by atoms with Gasteiger partial charge in [-0.2, -0.15) is 4.31 Å². The lowest BCUT2D eigenvalue weighted by atomic mass is 9.96. The number of benzene rings is 2. The van der Waals surface area contributed by atoms with Crippen molar-refractivity contribution in [2.45, 2.75) is 24.8 Å². The highest BCUT2D eigenvalue weighted by molar-refractivity contribution is 7.89. The Balaban J connectivity index is 1.73. The molecule has 0 radical (unpaired) electrons. The number of aromatic amines is 1. The van der Waals surface area contributed by atoms with Crippen LogP contribution in [0.1, 0.15) is 16.7 Å². The Morgan fingerprint density at radius 2 is 1.92 bits per heavy atom. The van der Waals surface area contributed by atoms with E-state index in [1.807, 2.05) is 0 Å². The van der Waals surface area contributed by atoms with E-state index in [0.717, 1.165) is 16.7 Å². The van der Waals surface area contributed by atoms with Crippen LogP contribution in [0.5, 0.6) is 0 Å². The normalized spacial score (nSPS) is 15.2. The average Bonchev–Trinajstić information content (AvgIpc) is 2.60. The lowest BCUT2D eigenvalue weighted by Crippen LogP contribution is -2.36. The van der Waals surface area contributed by atoms with Crippen LogP contribution in [-0.4, -0.2) is 24.3 Å². The van der Waals surface area contributed by atoms with Crippen LogP contribution in [0.25, 0.3) is 10.9 Å². The molecule has 0 fully saturated rings. The summed E-state index contributed by atoms with van der Waals surface area (Å²) in [5.74, 6) is -0.291. The third-order valence-electron chi connectivity index (χ3n) is 4.83. The van der Waals surface area contributed by atoms with E-state index in [0.29, 0.717) is 23.9 Å². The quantitative estimate of drug-likeness (QED) is 0.752. The van der Waals surface area contributed by atoms with Crippen molar-refractivity contribution < 1.29 is 12.8 Å². The smallest absolute Gasteiger partial charge is 0.248 e. The number of aryl methyl sites for hydroxylation is 1. The summed E-state index contributed by atoms with van der Waals surface area (Å²) >= 11 is 0. The predicted octanol–water partition coefficient (Wildman–Crippen LogP) is 2.72. The third-order valence-corrected chi connectivity index (χ3v) is 6.67. The van der Waals surface area contributed by atoms with Crippen LogP contribution in [0.15, 0.2) is 52.2 Å². The number of halogens is 1. The van der Waals surface area contributed by atoms with Gasteiger partial charge in [0.1, 0.15) is 5.82 Å². The maximum Gasteiger partial charge on any atom is 0.248 e. The summed E-state index contributed by atoms with van der Waals surface area (Å²) in [5, 5.41) is 0.654. The minimum absolute atomic E-state index is 0.181. The Morgan fingerprint density at radius 1 is 1.12 bits per heavy atom. The van der Waals surface area contributed by atoms with Crippen molar-refractivity contribution in [2.24, 2.45) is 0 Å². The molecule has 0 atom stereocenters. The summed E-state index contributed by atoms with van der Waals surface area (Å²) in [5.41, 5.74) is 2.85. The van der Waals surface area contributed by atoms with E-state index >= 15 is 0 Å². The van der Waals surface area contributed by atoms with E-state index < -0.39 is 10.0 Å². The molecular formula is C19H17FN2O3S. The van der Waals surface area contributed by atoms with Gasteiger partial charge >= 0.3 is 0 Å². The molecule has 0 bridgehead atoms. The molecule has 4 rings (SSSR count). The molecule has 0 unspecified atom stereocenters. The zero-order valence-electron chi connectivity index (χ0n) is 14.1. The number of nitrogens with one attached hydrogen (secondary N) is 1. The van der Waals surface area contributed by atoms with Gasteiger partial charge in [-0.15, -0.1) is 0 Å². The number of sulfonamides is 1. The number of hydrogen-bond acceptors (Lipinski definition) is 3. The molecule has 5 nitrogen and oxygen atoms in total. The van der Waals surface area contributed by atoms with Crippen LogP contribution < -0.4 is 5.56 Å². The highest BCUT2D eigenvalue weighted by Crippen LogP contribution is 2.28. The van der Waals surface area contributed by atoms with Crippen molar-refractivity contribution in [1.82, 2.24) is 9.29 Å². The lowest BCUT2D eigenvalue weighted by Gasteiger charge is -2.29. The summed E-state index contributed by atoms with van der Waals surface area (Å²) in [6.45, 7) is 2.33. The monoisotopic (exact) mass is 372 g/mol. The van der Waals surface area contributed by atoms with E-state index in [1.54, 1.807) is 25.1 Å². The molecule has 1 aliphatic heterocycles. The van der Waals surface area contributed by atoms with Crippen molar-refractivity contribution in [2.75, 3.05) is 6.54 Å². The molecular weight excluding hydrogens is 355 g/mol. The van der Waals surface area contributed by atoms with E-state index in [9.17, 15) is 17.6 Å². The molecule has 1 aliphatic rings. The Bertz CT molecular complexity index is 1190. The highest BCUT2D eigenvalue weighted by atomic mass is 32.2. The number of rotatable bonds is 2. The van der Waals surface area contributed by atoms with Crippen LogP contribution in [0, 0.1) is 12.7 Å². The van der Waals surface area contributed by atoms with Crippen molar-refractivity contribution in [3.63, 3.8) is 0 Å². The largest absolute Gasteiger partial charge is 0.322 e. The number of hydrogen-bond donors (Lipinski definition) is 1. The topological polar surface area (TPSA) is 70.2 Å². The lowest BCUT2D eigenvalue weighted by molar-refractivity contribution is 0.389. The summed E-state index contributed by atoms with van der Waals surface area (Å²) < 4.78 is 41.1. The fourth-order valence-electron chi connectivity index (χ4n) is 3.44. The van der Waals surface area contributed by atoms with Gasteiger partial charge in [0.15, 0.2) is 0 Å². The standard InChI is InChI=1S/C19H17FN2O3S/c1-12-8-15(20)9-13-6-7-22(11-17(12)13)26(24,25)16-3-4-18-14(10-16)2-5-19(23)21-18/h2-5,8-10H,6-7,11H2,1H3,(H,21,23). The number of fused-ring (bicyclic) bond motifs is 2. The van der Waals surface area contributed by atoms with Gasteiger partial charge in [0.2, 0.25) is 15.6 Å². The molecule has 1 aromatic heterocycles. The average molecular weight is 372 g/mol. The van der Waals surface area contributed by atoms with Crippen LogP contribution in [-0.2, 0) is 23.0 Å². The first kappa shape index (κ1) is 16.9. The second-order valence-corrected chi connectivity index (χ2v) is 8.46. The van der Waals surface area contributed by atoms with Gasteiger partial charge in [0, 0.05) is 24.7 Å². The van der Waals surface area contributed by atoms with E-state index in [2.05, 4.69) is 4.98 Å². The van der Waals surface area contributed by atoms with Crippen LogP contribution >= 0.6 is 0 Å². The minimum atomic E-state index is -3.69. The first-order chi connectivity index (χ1) is 12.3. The summed E-state index contributed by atoms with van der Waals surface area (Å²) in [4.78, 5) is 14.2. The molecule has 0 aliphatic carbocycles. The zero-order valence-corrected chi connectivity index (χ0v) is 14.9. The fraction of sp³-hybridized carbons (Fsp3) is 0.211. The van der Waals surface area contributed by atoms with Gasteiger partial charge in [-0.1, -0.05) is 0 Å². The molecule has 0 saturated carbocycles. The van der Waals surface area contributed by atoms with Gasteiger partial charge in [0.25, 0.3) is 0 Å². The number of aromatic nitrogens is 1. The first-order valence-electron chi connectivity index (χ1n) is 8.26. The Morgan fingerprint density at radius 3 is 2.73 bits per heavy atom. The molecule has 0 saturated heterocycles. The second kappa shape index (κ2) is 6.03. The van der Waals surface area contributed by atoms with Gasteiger partial charge in [-0.25, -0.2) is 12.8 Å². The maximum atomic E-state index is 13.6. The number of nitrogens with zero attached hydrogens (tertiary/aromatic N) is 1. The first-order valence-corrected chi connectivity index (χ1v) is 9.70. The Hall–Kier alpha value is -2.51. The molecule has 134 valence electrons. The fourth-order valence-corrected chi connectivity index (χ4v) is 4.88. The van der Waals surface area contributed by atoms with E-state index in [1.165, 1.54) is 28.6 Å². The van der Waals surface area contributed by atoms with E-state index in [4.69, 9.17) is 0 Å². The SMILES string of the molecule is Cc1cc(F)cc2c1CN(S(=O)(=O)c1ccc3[nH]c(=O)ccc3c1)CC2. The van der Waals surface area contributed by atoms with Crippen molar-refractivity contribution in [3.8, 4) is 0 Å². The number of H-pyrrole nitrogens is 1. The van der Waals surface area contributed by atoms with Gasteiger partial charge in [0.05, 0.1) is 4.90 Å². The van der Waals surface area contributed by atoms with Crippen molar-refractivity contribution >= 4 is 20.9 Å². The maximum absolute atomic E-state index is 13.6. The second-order valence-electron chi connectivity index (χ2n) is 6.52. The van der Waals surface area contributed by atoms with Gasteiger partial charge < -0.3 is 4.98 Å². The molecule has 0 amide bonds. The third kappa shape index (κ3) is 2.83. The summed E-state index contributed by atoms with van der Waals surface area (Å²) in [6.07, 6.45) is 0.480. The Labute approximate surface area is 150 Å². The molecule has 7 heteroatoms. The Kier molecular flexibility index (Phi) is 3.93. The minimum Gasteiger partial charge on any atom is -0.322 e. The van der Waals surface area contributed by atoms with Gasteiger partial charge in [-0.3, -0.25) is 4.79 Å². The summed E-state index contributed by atoms with van der Waals surface area (Å²) in [7, 11) is -3.69. The predicted molar refractivity (Wildman–Crippen MR) is 97.0 cm³/mol. The van der Waals surface area contributed by atoms with Crippen molar-refractivity contribution in [1.29, 1.82) is 0 Å². The molecule has 1 N–H and O–H groups in total. The van der Waals surface area contributed by atoms with Crippen molar-refractivity contribution in [3.05, 3.63) is 75.3 Å². The molecule has 0 spiro atoms. The van der Waals surface area contributed by atoms with Gasteiger partial charge in [-0.05, 0) is 71.8 Å². The molecule has 26 heavy (non-hydrogen) atoms. The molecule has 2 heterocycles.